The molecule has 0 spiro atoms. The van der Waals surface area contributed by atoms with Gasteiger partial charge in [0.05, 0.1) is 21.7 Å². The Labute approximate surface area is 205 Å². The van der Waals surface area contributed by atoms with E-state index in [1.54, 1.807) is 54.6 Å². The summed E-state index contributed by atoms with van der Waals surface area (Å²) in [4.78, 5) is 32.6. The van der Waals surface area contributed by atoms with E-state index >= 15 is 0 Å². The largest absolute Gasteiger partial charge is 0.445 e. The van der Waals surface area contributed by atoms with E-state index < -0.39 is 12.1 Å². The molecule has 0 saturated heterocycles. The van der Waals surface area contributed by atoms with E-state index in [0.29, 0.717) is 38.3 Å². The molecule has 2 heterocycles. The van der Waals surface area contributed by atoms with Crippen molar-refractivity contribution in [1.82, 2.24) is 4.98 Å². The fourth-order valence-electron chi connectivity index (χ4n) is 3.73. The molecule has 34 heavy (non-hydrogen) atoms. The Hall–Kier alpha value is -3.80. The number of Topliss-reactive ketones (excluding diaryl/α,β-unsaturated/α-hetero) is 1. The Morgan fingerprint density at radius 3 is 2.32 bits per heavy atom. The predicted octanol–water partition coefficient (Wildman–Crippen LogP) is 7.40. The van der Waals surface area contributed by atoms with Crippen LogP contribution >= 0.6 is 22.9 Å². The Morgan fingerprint density at radius 2 is 1.59 bits per heavy atom. The molecule has 0 aliphatic carbocycles. The van der Waals surface area contributed by atoms with Crippen LogP contribution in [0.2, 0.25) is 5.02 Å². The third-order valence-corrected chi connectivity index (χ3v) is 6.55. The molecular formula is C28H18ClNO3S. The molecule has 0 saturated carbocycles. The molecule has 5 aromatic rings. The summed E-state index contributed by atoms with van der Waals surface area (Å²) in [7, 11) is 0. The quantitative estimate of drug-likeness (QED) is 0.186. The fraction of sp³-hybridized carbons (Fsp3) is 0.0357. The van der Waals surface area contributed by atoms with Gasteiger partial charge in [-0.2, -0.15) is 0 Å². The van der Waals surface area contributed by atoms with E-state index in [1.165, 1.54) is 11.3 Å². The van der Waals surface area contributed by atoms with Crippen LogP contribution in [0.25, 0.3) is 21.5 Å². The van der Waals surface area contributed by atoms with Crippen molar-refractivity contribution >= 4 is 45.6 Å². The van der Waals surface area contributed by atoms with Gasteiger partial charge in [0, 0.05) is 21.5 Å². The first-order valence-corrected chi connectivity index (χ1v) is 11.9. The zero-order valence-corrected chi connectivity index (χ0v) is 19.4. The van der Waals surface area contributed by atoms with E-state index in [0.717, 1.165) is 4.88 Å². The average Bonchev–Trinajstić information content (AvgIpc) is 3.42. The van der Waals surface area contributed by atoms with Gasteiger partial charge in [-0.1, -0.05) is 78.3 Å². The zero-order valence-electron chi connectivity index (χ0n) is 17.9. The van der Waals surface area contributed by atoms with E-state index in [2.05, 4.69) is 0 Å². The molecule has 4 nitrogen and oxygen atoms in total. The highest BCUT2D eigenvalue weighted by Crippen LogP contribution is 2.31. The maximum atomic E-state index is 13.5. The van der Waals surface area contributed by atoms with E-state index in [-0.39, 0.29) is 5.78 Å². The van der Waals surface area contributed by atoms with Gasteiger partial charge in [-0.3, -0.25) is 4.79 Å². The molecule has 1 atom stereocenters. The van der Waals surface area contributed by atoms with Crippen LogP contribution in [0.4, 0.5) is 0 Å². The van der Waals surface area contributed by atoms with Crippen LogP contribution in [0.15, 0.2) is 102 Å². The highest BCUT2D eigenvalue weighted by atomic mass is 35.5. The summed E-state index contributed by atoms with van der Waals surface area (Å²) in [6.45, 7) is 0. The fourth-order valence-corrected chi connectivity index (χ4v) is 4.54. The lowest BCUT2D eigenvalue weighted by Gasteiger charge is -2.18. The van der Waals surface area contributed by atoms with Crippen molar-refractivity contribution in [3.63, 3.8) is 0 Å². The summed E-state index contributed by atoms with van der Waals surface area (Å²) < 4.78 is 5.90. The number of carbonyl (C=O) groups is 2. The minimum absolute atomic E-state index is 0.312. The first-order chi connectivity index (χ1) is 16.6. The van der Waals surface area contributed by atoms with Crippen LogP contribution in [0, 0.1) is 0 Å². The number of aromatic nitrogens is 1. The van der Waals surface area contributed by atoms with Gasteiger partial charge >= 0.3 is 5.97 Å². The highest BCUT2D eigenvalue weighted by Gasteiger charge is 2.28. The molecule has 5 rings (SSSR count). The standard InChI is InChI=1S/C28H18ClNO3S/c29-20-14-12-19(13-15-20)27(26(31)18-7-2-1-3-8-18)33-28(32)22-17-24(25-11-6-16-34-25)30-23-10-5-4-9-21(22)23/h1-17,27H/t27-/m0/s1. The molecule has 2 aromatic heterocycles. The molecule has 0 N–H and O–H groups in total. The number of esters is 1. The topological polar surface area (TPSA) is 56.3 Å². The Balaban J connectivity index is 1.57. The maximum Gasteiger partial charge on any atom is 0.339 e. The number of thiophene rings is 1. The van der Waals surface area contributed by atoms with E-state index in [4.69, 9.17) is 21.3 Å². The number of para-hydroxylation sites is 1. The number of pyridine rings is 1. The van der Waals surface area contributed by atoms with Crippen molar-refractivity contribution in [2.75, 3.05) is 0 Å². The number of halogens is 1. The maximum absolute atomic E-state index is 13.5. The number of carbonyl (C=O) groups excluding carboxylic acids is 2. The average molecular weight is 484 g/mol. The lowest BCUT2D eigenvalue weighted by atomic mass is 9.99. The minimum Gasteiger partial charge on any atom is -0.445 e. The molecule has 6 heteroatoms. The van der Waals surface area contributed by atoms with Gasteiger partial charge in [0.1, 0.15) is 0 Å². The van der Waals surface area contributed by atoms with E-state index in [9.17, 15) is 9.59 Å². The molecule has 0 radical (unpaired) electrons. The summed E-state index contributed by atoms with van der Waals surface area (Å²) in [5.41, 5.74) is 2.71. The second kappa shape index (κ2) is 9.59. The van der Waals surface area contributed by atoms with Crippen molar-refractivity contribution in [2.24, 2.45) is 0 Å². The number of ketones is 1. The van der Waals surface area contributed by atoms with Crippen molar-refractivity contribution in [1.29, 1.82) is 0 Å². The molecule has 0 amide bonds. The van der Waals surface area contributed by atoms with E-state index in [1.807, 2.05) is 47.8 Å². The third-order valence-electron chi connectivity index (χ3n) is 5.40. The van der Waals surface area contributed by atoms with Gasteiger partial charge in [-0.25, -0.2) is 9.78 Å². The SMILES string of the molecule is O=C(O[C@H](C(=O)c1ccccc1)c1ccc(Cl)cc1)c1cc(-c2cccs2)nc2ccccc12. The zero-order chi connectivity index (χ0) is 23.5. The number of nitrogens with zero attached hydrogens (tertiary/aromatic N) is 1. The second-order valence-corrected chi connectivity index (χ2v) is 9.00. The normalized spacial score (nSPS) is 11.8. The van der Waals surface area contributed by atoms with Gasteiger partial charge < -0.3 is 4.74 Å². The summed E-state index contributed by atoms with van der Waals surface area (Å²) in [6.07, 6.45) is -1.12. The van der Waals surface area contributed by atoms with Gasteiger partial charge in [-0.05, 0) is 35.7 Å². The molecule has 0 bridgehead atoms. The van der Waals surface area contributed by atoms with Crippen LogP contribution in [-0.2, 0) is 4.74 Å². The van der Waals surface area contributed by atoms with Crippen molar-refractivity contribution in [3.8, 4) is 10.6 Å². The lowest BCUT2D eigenvalue weighted by molar-refractivity contribution is 0.0282. The number of hydrogen-bond acceptors (Lipinski definition) is 5. The van der Waals surface area contributed by atoms with Crippen LogP contribution in [-0.4, -0.2) is 16.7 Å². The number of rotatable bonds is 6. The molecule has 0 fully saturated rings. The number of benzene rings is 3. The first kappa shape index (κ1) is 22.0. The van der Waals surface area contributed by atoms with Crippen molar-refractivity contribution in [3.05, 3.63) is 124 Å². The van der Waals surface area contributed by atoms with Crippen LogP contribution in [0.5, 0.6) is 0 Å². The van der Waals surface area contributed by atoms with Crippen LogP contribution in [0.1, 0.15) is 32.4 Å². The third kappa shape index (κ3) is 4.49. The predicted molar refractivity (Wildman–Crippen MR) is 135 cm³/mol. The molecule has 0 aliphatic rings. The van der Waals surface area contributed by atoms with Gasteiger partial charge in [-0.15, -0.1) is 11.3 Å². The molecule has 166 valence electrons. The monoisotopic (exact) mass is 483 g/mol. The minimum atomic E-state index is -1.12. The number of ether oxygens (including phenoxy) is 1. The van der Waals surface area contributed by atoms with Crippen LogP contribution < -0.4 is 0 Å². The highest BCUT2D eigenvalue weighted by molar-refractivity contribution is 7.13. The molecule has 0 unspecified atom stereocenters. The van der Waals surface area contributed by atoms with Crippen molar-refractivity contribution in [2.45, 2.75) is 6.10 Å². The molecular weight excluding hydrogens is 466 g/mol. The smallest absolute Gasteiger partial charge is 0.339 e. The summed E-state index contributed by atoms with van der Waals surface area (Å²) in [5, 5.41) is 3.15. The number of fused-ring (bicyclic) bond motifs is 1. The lowest BCUT2D eigenvalue weighted by Crippen LogP contribution is -2.20. The summed E-state index contributed by atoms with van der Waals surface area (Å²) in [5.74, 6) is -0.909. The first-order valence-electron chi connectivity index (χ1n) is 10.6. The van der Waals surface area contributed by atoms with Crippen molar-refractivity contribution < 1.29 is 14.3 Å². The Bertz CT molecular complexity index is 1470. The second-order valence-electron chi connectivity index (χ2n) is 7.62. The Morgan fingerprint density at radius 1 is 0.853 bits per heavy atom. The van der Waals surface area contributed by atoms with Gasteiger partial charge in [0.15, 0.2) is 6.10 Å². The summed E-state index contributed by atoms with van der Waals surface area (Å²) >= 11 is 7.59. The number of hydrogen-bond donors (Lipinski definition) is 0. The summed E-state index contributed by atoms with van der Waals surface area (Å²) in [6, 6.07) is 28.5. The van der Waals surface area contributed by atoms with Gasteiger partial charge in [0.25, 0.3) is 0 Å². The van der Waals surface area contributed by atoms with Gasteiger partial charge in [0.2, 0.25) is 5.78 Å². The molecule has 3 aromatic carbocycles. The molecule has 0 aliphatic heterocycles. The Kier molecular flexibility index (Phi) is 6.21. The van der Waals surface area contributed by atoms with Crippen LogP contribution in [0.3, 0.4) is 0 Å².